The minimum atomic E-state index is 0. The van der Waals surface area contributed by atoms with E-state index < -0.39 is 0 Å². The molecule has 6 heteroatoms. The van der Waals surface area contributed by atoms with E-state index >= 15 is 0 Å². The number of likely N-dealkylation sites (tertiary alicyclic amines) is 1. The van der Waals surface area contributed by atoms with Gasteiger partial charge in [-0.1, -0.05) is 17.7 Å². The number of rotatable bonds is 8. The highest BCUT2D eigenvalue weighted by Gasteiger charge is 2.15. The molecule has 0 radical (unpaired) electrons. The number of hydrogen-bond acceptors (Lipinski definition) is 3. The molecule has 0 spiro atoms. The van der Waals surface area contributed by atoms with Crippen LogP contribution in [0.15, 0.2) is 29.3 Å². The van der Waals surface area contributed by atoms with E-state index in [-0.39, 0.29) is 24.0 Å². The lowest BCUT2D eigenvalue weighted by Gasteiger charge is -2.28. The number of hydrogen-bond donors (Lipinski definition) is 2. The van der Waals surface area contributed by atoms with Crippen LogP contribution >= 0.6 is 24.0 Å². The monoisotopic (exact) mass is 474 g/mol. The van der Waals surface area contributed by atoms with Crippen molar-refractivity contribution >= 4 is 29.9 Å². The quantitative estimate of drug-likeness (QED) is 0.263. The number of benzene rings is 1. The minimum absolute atomic E-state index is 0. The molecule has 1 aromatic rings. The number of guanidine groups is 1. The van der Waals surface area contributed by atoms with E-state index in [1.165, 1.54) is 37.9 Å². The zero-order valence-corrected chi connectivity index (χ0v) is 18.8. The molecule has 26 heavy (non-hydrogen) atoms. The highest BCUT2D eigenvalue weighted by molar-refractivity contribution is 14.0. The molecule has 1 heterocycles. The fourth-order valence-corrected chi connectivity index (χ4v) is 3.02. The van der Waals surface area contributed by atoms with Gasteiger partial charge >= 0.3 is 0 Å². The molecule has 2 rings (SSSR count). The van der Waals surface area contributed by atoms with Crippen molar-refractivity contribution in [1.82, 2.24) is 15.5 Å². The zero-order chi connectivity index (χ0) is 17.9. The van der Waals surface area contributed by atoms with Crippen LogP contribution in [0.5, 0.6) is 5.75 Å². The number of halogens is 1. The van der Waals surface area contributed by atoms with Crippen molar-refractivity contribution in [2.45, 2.75) is 33.1 Å². The summed E-state index contributed by atoms with van der Waals surface area (Å²) in [6, 6.07) is 8.15. The number of piperidine rings is 1. The average Bonchev–Trinajstić information content (AvgIpc) is 2.62. The van der Waals surface area contributed by atoms with Crippen LogP contribution < -0.4 is 15.4 Å². The van der Waals surface area contributed by atoms with Gasteiger partial charge in [-0.05, 0) is 71.3 Å². The van der Waals surface area contributed by atoms with Gasteiger partial charge in [-0.15, -0.1) is 24.0 Å². The molecule has 1 saturated heterocycles. The molecule has 1 aliphatic rings. The average molecular weight is 474 g/mol. The van der Waals surface area contributed by atoms with E-state index in [1.54, 1.807) is 0 Å². The van der Waals surface area contributed by atoms with Crippen molar-refractivity contribution in [3.8, 4) is 5.75 Å². The third-order valence-corrected chi connectivity index (χ3v) is 4.67. The summed E-state index contributed by atoms with van der Waals surface area (Å²) in [5.74, 6) is 2.63. The fourth-order valence-electron chi connectivity index (χ4n) is 3.02. The number of aryl methyl sites for hydroxylation is 1. The molecule has 0 aliphatic carbocycles. The molecular weight excluding hydrogens is 439 g/mol. The Hall–Kier alpha value is -1.02. The first-order chi connectivity index (χ1) is 12.2. The predicted molar refractivity (Wildman–Crippen MR) is 121 cm³/mol. The lowest BCUT2D eigenvalue weighted by molar-refractivity contribution is 0.214. The summed E-state index contributed by atoms with van der Waals surface area (Å²) in [5, 5.41) is 6.66. The third-order valence-electron chi connectivity index (χ3n) is 4.67. The van der Waals surface area contributed by atoms with Gasteiger partial charge < -0.3 is 20.3 Å². The molecule has 1 fully saturated rings. The molecule has 5 nitrogen and oxygen atoms in total. The number of aliphatic imine (C=N–C) groups is 1. The van der Waals surface area contributed by atoms with E-state index in [0.29, 0.717) is 6.61 Å². The molecule has 148 valence electrons. The lowest BCUT2D eigenvalue weighted by Crippen LogP contribution is -2.39. The van der Waals surface area contributed by atoms with Crippen LogP contribution in [0.4, 0.5) is 0 Å². The molecular formula is C20H35IN4O. The first-order valence-corrected chi connectivity index (χ1v) is 9.57. The molecule has 0 aromatic heterocycles. The van der Waals surface area contributed by atoms with Gasteiger partial charge in [-0.2, -0.15) is 0 Å². The molecule has 1 aromatic carbocycles. The second kappa shape index (κ2) is 13.2. The van der Waals surface area contributed by atoms with Gasteiger partial charge in [0.1, 0.15) is 12.4 Å². The standard InChI is InChI=1S/C20H34N4O.HI/c1-4-21-20(22-12-9-18-10-14-24(3)15-11-18)23-13-16-25-19-7-5-17(2)6-8-19;/h5-8,18H,4,9-16H2,1-3H3,(H2,21,22,23);1H. The summed E-state index contributed by atoms with van der Waals surface area (Å²) >= 11 is 0. The Kier molecular flexibility index (Phi) is 11.7. The zero-order valence-electron chi connectivity index (χ0n) is 16.5. The number of nitrogens with one attached hydrogen (secondary N) is 2. The van der Waals surface area contributed by atoms with E-state index in [2.05, 4.69) is 48.6 Å². The molecule has 0 unspecified atom stereocenters. The lowest BCUT2D eigenvalue weighted by atomic mass is 9.94. The van der Waals surface area contributed by atoms with Gasteiger partial charge in [-0.25, -0.2) is 0 Å². The van der Waals surface area contributed by atoms with Crippen molar-refractivity contribution in [3.05, 3.63) is 29.8 Å². The highest BCUT2D eigenvalue weighted by Crippen LogP contribution is 2.19. The summed E-state index contributed by atoms with van der Waals surface area (Å²) < 4.78 is 5.75. The van der Waals surface area contributed by atoms with Crippen LogP contribution in [0.25, 0.3) is 0 Å². The molecule has 0 saturated carbocycles. The van der Waals surface area contributed by atoms with Gasteiger partial charge in [0.2, 0.25) is 0 Å². The second-order valence-electron chi connectivity index (χ2n) is 6.88. The Morgan fingerprint density at radius 1 is 1.19 bits per heavy atom. The Morgan fingerprint density at radius 3 is 2.54 bits per heavy atom. The van der Waals surface area contributed by atoms with Crippen molar-refractivity contribution in [2.75, 3.05) is 46.4 Å². The first kappa shape index (κ1) is 23.0. The van der Waals surface area contributed by atoms with Crippen LogP contribution in [0, 0.1) is 12.8 Å². The molecule has 0 amide bonds. The minimum Gasteiger partial charge on any atom is -0.492 e. The summed E-state index contributed by atoms with van der Waals surface area (Å²) in [4.78, 5) is 7.12. The third kappa shape index (κ3) is 9.07. The Bertz CT molecular complexity index is 513. The molecule has 0 atom stereocenters. The van der Waals surface area contributed by atoms with Crippen LogP contribution in [0.1, 0.15) is 31.7 Å². The van der Waals surface area contributed by atoms with Crippen molar-refractivity contribution in [3.63, 3.8) is 0 Å². The topological polar surface area (TPSA) is 48.9 Å². The van der Waals surface area contributed by atoms with Crippen LogP contribution in [0.2, 0.25) is 0 Å². The smallest absolute Gasteiger partial charge is 0.191 e. The first-order valence-electron chi connectivity index (χ1n) is 9.57. The van der Waals surface area contributed by atoms with E-state index in [9.17, 15) is 0 Å². The molecule has 0 bridgehead atoms. The summed E-state index contributed by atoms with van der Waals surface area (Å²) in [6.45, 7) is 9.76. The largest absolute Gasteiger partial charge is 0.492 e. The highest BCUT2D eigenvalue weighted by atomic mass is 127. The molecule has 1 aliphatic heterocycles. The summed E-state index contributed by atoms with van der Waals surface area (Å²) in [6.07, 6.45) is 3.80. The van der Waals surface area contributed by atoms with Crippen LogP contribution in [0.3, 0.4) is 0 Å². The Morgan fingerprint density at radius 2 is 1.88 bits per heavy atom. The number of ether oxygens (including phenoxy) is 1. The summed E-state index contributed by atoms with van der Waals surface area (Å²) in [5.41, 5.74) is 1.25. The van der Waals surface area contributed by atoms with E-state index in [4.69, 9.17) is 9.73 Å². The van der Waals surface area contributed by atoms with Crippen LogP contribution in [-0.2, 0) is 0 Å². The fraction of sp³-hybridized carbons (Fsp3) is 0.650. The van der Waals surface area contributed by atoms with Gasteiger partial charge in [0.05, 0.1) is 6.54 Å². The SMILES string of the molecule is CCNC(=NCCC1CCN(C)CC1)NCCOc1ccc(C)cc1.I. The van der Waals surface area contributed by atoms with Crippen molar-refractivity contribution in [1.29, 1.82) is 0 Å². The maximum atomic E-state index is 5.75. The van der Waals surface area contributed by atoms with Crippen molar-refractivity contribution in [2.24, 2.45) is 10.9 Å². The van der Waals surface area contributed by atoms with Gasteiger partial charge in [0, 0.05) is 13.1 Å². The van der Waals surface area contributed by atoms with Crippen LogP contribution in [-0.4, -0.2) is 57.2 Å². The van der Waals surface area contributed by atoms with Crippen molar-refractivity contribution < 1.29 is 4.74 Å². The predicted octanol–water partition coefficient (Wildman–Crippen LogP) is 3.28. The normalized spacial score (nSPS) is 16.0. The van der Waals surface area contributed by atoms with Gasteiger partial charge in [-0.3, -0.25) is 4.99 Å². The van der Waals surface area contributed by atoms with E-state index in [1.807, 2.05) is 12.1 Å². The maximum absolute atomic E-state index is 5.75. The molecule has 2 N–H and O–H groups in total. The number of nitrogens with zero attached hydrogens (tertiary/aromatic N) is 2. The Labute approximate surface area is 176 Å². The second-order valence-corrected chi connectivity index (χ2v) is 6.88. The summed E-state index contributed by atoms with van der Waals surface area (Å²) in [7, 11) is 2.21. The van der Waals surface area contributed by atoms with E-state index in [0.717, 1.165) is 37.3 Å². The Balaban J connectivity index is 0.00000338. The van der Waals surface area contributed by atoms with Gasteiger partial charge in [0.15, 0.2) is 5.96 Å². The van der Waals surface area contributed by atoms with Gasteiger partial charge in [0.25, 0.3) is 0 Å². The maximum Gasteiger partial charge on any atom is 0.191 e.